The largest absolute Gasteiger partial charge is 0.386 e. The van der Waals surface area contributed by atoms with Crippen LogP contribution in [0.2, 0.25) is 0 Å². The lowest BCUT2D eigenvalue weighted by Gasteiger charge is -2.34. The van der Waals surface area contributed by atoms with Crippen molar-refractivity contribution in [3.63, 3.8) is 0 Å². The predicted octanol–water partition coefficient (Wildman–Crippen LogP) is 1.41. The topological polar surface area (TPSA) is 41.5 Å². The van der Waals surface area contributed by atoms with Crippen LogP contribution in [0.5, 0.6) is 0 Å². The van der Waals surface area contributed by atoms with Gasteiger partial charge in [0.25, 0.3) is 0 Å². The third-order valence-corrected chi connectivity index (χ3v) is 2.39. The molecule has 0 saturated heterocycles. The highest BCUT2D eigenvalue weighted by atomic mass is 16.5. The van der Waals surface area contributed by atoms with Gasteiger partial charge in [0, 0.05) is 19.2 Å². The standard InChI is InChI=1S/C11H25NO2/c1-9(2)11(13,8-14-6)7-12-10(3,4)5/h9,12-13H,7-8H2,1-6H3. The number of rotatable bonds is 5. The molecule has 0 aromatic rings. The Bertz CT molecular complexity index is 163. The van der Waals surface area contributed by atoms with E-state index in [0.717, 1.165) is 0 Å². The second-order valence-corrected chi connectivity index (χ2v) is 5.29. The molecule has 3 heteroatoms. The van der Waals surface area contributed by atoms with E-state index in [-0.39, 0.29) is 11.5 Å². The molecule has 0 aliphatic heterocycles. The summed E-state index contributed by atoms with van der Waals surface area (Å²) in [6.07, 6.45) is 0. The van der Waals surface area contributed by atoms with E-state index in [9.17, 15) is 5.11 Å². The van der Waals surface area contributed by atoms with E-state index in [1.807, 2.05) is 13.8 Å². The number of methoxy groups -OCH3 is 1. The third kappa shape index (κ3) is 4.94. The fraction of sp³-hybridized carbons (Fsp3) is 1.00. The van der Waals surface area contributed by atoms with Gasteiger partial charge in [-0.3, -0.25) is 0 Å². The Morgan fingerprint density at radius 1 is 1.29 bits per heavy atom. The van der Waals surface area contributed by atoms with Gasteiger partial charge in [0.1, 0.15) is 5.60 Å². The van der Waals surface area contributed by atoms with Gasteiger partial charge in [-0.05, 0) is 26.7 Å². The van der Waals surface area contributed by atoms with Crippen LogP contribution < -0.4 is 5.32 Å². The number of aliphatic hydroxyl groups is 1. The Morgan fingerprint density at radius 2 is 1.79 bits per heavy atom. The van der Waals surface area contributed by atoms with Gasteiger partial charge in [0.2, 0.25) is 0 Å². The van der Waals surface area contributed by atoms with Gasteiger partial charge in [-0.1, -0.05) is 13.8 Å². The molecule has 0 bridgehead atoms. The minimum atomic E-state index is -0.776. The summed E-state index contributed by atoms with van der Waals surface area (Å²) in [6.45, 7) is 11.2. The quantitative estimate of drug-likeness (QED) is 0.710. The zero-order valence-electron chi connectivity index (χ0n) is 10.3. The summed E-state index contributed by atoms with van der Waals surface area (Å²) in [6, 6.07) is 0. The molecule has 0 heterocycles. The van der Waals surface area contributed by atoms with E-state index in [2.05, 4.69) is 26.1 Å². The third-order valence-electron chi connectivity index (χ3n) is 2.39. The second kappa shape index (κ2) is 5.10. The van der Waals surface area contributed by atoms with Crippen molar-refractivity contribution in [3.05, 3.63) is 0 Å². The van der Waals surface area contributed by atoms with Crippen LogP contribution in [-0.2, 0) is 4.74 Å². The maximum atomic E-state index is 10.3. The van der Waals surface area contributed by atoms with Crippen LogP contribution in [-0.4, -0.2) is 36.5 Å². The average molecular weight is 203 g/mol. The van der Waals surface area contributed by atoms with E-state index >= 15 is 0 Å². The fourth-order valence-corrected chi connectivity index (χ4v) is 1.09. The summed E-state index contributed by atoms with van der Waals surface area (Å²) in [5, 5.41) is 13.6. The van der Waals surface area contributed by atoms with Crippen molar-refractivity contribution in [3.8, 4) is 0 Å². The molecule has 0 aliphatic carbocycles. The molecule has 0 fully saturated rings. The zero-order chi connectivity index (χ0) is 11.4. The number of hydrogen-bond acceptors (Lipinski definition) is 3. The average Bonchev–Trinajstić information content (AvgIpc) is 2.00. The lowest BCUT2D eigenvalue weighted by Crippen LogP contribution is -2.53. The van der Waals surface area contributed by atoms with Gasteiger partial charge >= 0.3 is 0 Å². The molecule has 0 rings (SSSR count). The summed E-state index contributed by atoms with van der Waals surface area (Å²) in [5.74, 6) is 0.178. The first-order valence-electron chi connectivity index (χ1n) is 5.17. The minimum Gasteiger partial charge on any atom is -0.386 e. The van der Waals surface area contributed by atoms with E-state index in [1.165, 1.54) is 0 Å². The van der Waals surface area contributed by atoms with E-state index in [0.29, 0.717) is 13.2 Å². The van der Waals surface area contributed by atoms with Gasteiger partial charge in [-0.2, -0.15) is 0 Å². The summed E-state index contributed by atoms with van der Waals surface area (Å²) in [4.78, 5) is 0. The summed E-state index contributed by atoms with van der Waals surface area (Å²) < 4.78 is 5.04. The molecule has 14 heavy (non-hydrogen) atoms. The van der Waals surface area contributed by atoms with Crippen molar-refractivity contribution in [1.29, 1.82) is 0 Å². The summed E-state index contributed by atoms with van der Waals surface area (Å²) in [7, 11) is 1.62. The molecule has 0 aromatic carbocycles. The second-order valence-electron chi connectivity index (χ2n) is 5.29. The fourth-order valence-electron chi connectivity index (χ4n) is 1.09. The molecule has 1 atom stereocenters. The summed E-state index contributed by atoms with van der Waals surface area (Å²) >= 11 is 0. The van der Waals surface area contributed by atoms with Gasteiger partial charge in [-0.25, -0.2) is 0 Å². The van der Waals surface area contributed by atoms with Crippen molar-refractivity contribution in [2.24, 2.45) is 5.92 Å². The molecular formula is C11H25NO2. The number of nitrogens with one attached hydrogen (secondary N) is 1. The van der Waals surface area contributed by atoms with Gasteiger partial charge in [-0.15, -0.1) is 0 Å². The van der Waals surface area contributed by atoms with E-state index in [1.54, 1.807) is 7.11 Å². The highest BCUT2D eigenvalue weighted by Gasteiger charge is 2.31. The van der Waals surface area contributed by atoms with Gasteiger partial charge in [0.15, 0.2) is 0 Å². The van der Waals surface area contributed by atoms with E-state index < -0.39 is 5.60 Å². The van der Waals surface area contributed by atoms with Gasteiger partial charge in [0.05, 0.1) is 6.61 Å². The van der Waals surface area contributed by atoms with Crippen molar-refractivity contribution in [1.82, 2.24) is 5.32 Å². The Hall–Kier alpha value is -0.120. The molecule has 0 radical (unpaired) electrons. The number of β-amino-alcohol motifs (C(OH)–C–C–N with tert-alkyl or cyclic N) is 1. The Balaban J connectivity index is 4.24. The van der Waals surface area contributed by atoms with Crippen molar-refractivity contribution >= 4 is 0 Å². The number of ether oxygens (including phenoxy) is 1. The van der Waals surface area contributed by atoms with Crippen LogP contribution in [0.25, 0.3) is 0 Å². The first-order valence-corrected chi connectivity index (χ1v) is 5.17. The lowest BCUT2D eigenvalue weighted by atomic mass is 9.90. The molecule has 0 aromatic heterocycles. The Labute approximate surface area is 87.8 Å². The van der Waals surface area contributed by atoms with Crippen LogP contribution in [0.15, 0.2) is 0 Å². The van der Waals surface area contributed by atoms with Gasteiger partial charge < -0.3 is 15.2 Å². The van der Waals surface area contributed by atoms with Crippen LogP contribution in [0.3, 0.4) is 0 Å². The monoisotopic (exact) mass is 203 g/mol. The highest BCUT2D eigenvalue weighted by molar-refractivity contribution is 4.87. The predicted molar refractivity (Wildman–Crippen MR) is 59.4 cm³/mol. The van der Waals surface area contributed by atoms with Crippen LogP contribution >= 0.6 is 0 Å². The lowest BCUT2D eigenvalue weighted by molar-refractivity contribution is -0.0654. The molecule has 0 saturated carbocycles. The maximum Gasteiger partial charge on any atom is 0.103 e. The minimum absolute atomic E-state index is 0.0244. The molecular weight excluding hydrogens is 178 g/mol. The van der Waals surface area contributed by atoms with Crippen molar-refractivity contribution in [2.45, 2.75) is 45.8 Å². The molecule has 3 nitrogen and oxygen atoms in total. The molecule has 0 aliphatic rings. The zero-order valence-corrected chi connectivity index (χ0v) is 10.3. The summed E-state index contributed by atoms with van der Waals surface area (Å²) in [5.41, 5.74) is -0.751. The molecule has 0 spiro atoms. The van der Waals surface area contributed by atoms with Crippen LogP contribution in [0, 0.1) is 5.92 Å². The Morgan fingerprint density at radius 3 is 2.07 bits per heavy atom. The van der Waals surface area contributed by atoms with E-state index in [4.69, 9.17) is 4.74 Å². The molecule has 2 N–H and O–H groups in total. The first-order chi connectivity index (χ1) is 6.21. The van der Waals surface area contributed by atoms with Crippen molar-refractivity contribution in [2.75, 3.05) is 20.3 Å². The SMILES string of the molecule is COCC(O)(CNC(C)(C)C)C(C)C. The smallest absolute Gasteiger partial charge is 0.103 e. The molecule has 0 amide bonds. The Kier molecular flexibility index (Phi) is 5.06. The maximum absolute atomic E-state index is 10.3. The molecule has 1 unspecified atom stereocenters. The molecule has 86 valence electrons. The first kappa shape index (κ1) is 13.9. The van der Waals surface area contributed by atoms with Crippen LogP contribution in [0.4, 0.5) is 0 Å². The highest BCUT2D eigenvalue weighted by Crippen LogP contribution is 2.17. The van der Waals surface area contributed by atoms with Crippen LogP contribution in [0.1, 0.15) is 34.6 Å². The normalized spacial score (nSPS) is 17.1. The van der Waals surface area contributed by atoms with Crippen molar-refractivity contribution < 1.29 is 9.84 Å². The number of hydrogen-bond donors (Lipinski definition) is 2.